The average Bonchev–Trinajstić information content (AvgIpc) is 0. The van der Waals surface area contributed by atoms with Gasteiger partial charge in [-0.15, -0.1) is 0 Å². The minimum absolute atomic E-state index is 0. The van der Waals surface area contributed by atoms with Crippen LogP contribution in [0.15, 0.2) is 0 Å². The quantitative estimate of drug-likeness (QED) is 0.354. The van der Waals surface area contributed by atoms with E-state index in [1.807, 2.05) is 0 Å². The summed E-state index contributed by atoms with van der Waals surface area (Å²) in [6, 6.07) is 0. The predicted molar refractivity (Wildman–Crippen MR) is 4.45 cm³/mol. The van der Waals surface area contributed by atoms with Crippen LogP contribution in [0.2, 0.25) is 0 Å². The van der Waals surface area contributed by atoms with Gasteiger partial charge in [-0.2, -0.15) is 0 Å². The molecule has 0 fully saturated rings. The van der Waals surface area contributed by atoms with Crippen LogP contribution in [0.4, 0.5) is 0 Å². The molecular weight excluding hydrogens is 214 g/mol. The van der Waals surface area contributed by atoms with Crippen LogP contribution in [-0.2, 0) is 33.6 Å². The molecule has 0 N–H and O–H groups in total. The van der Waals surface area contributed by atoms with E-state index < -0.39 is 0 Å². The van der Waals surface area contributed by atoms with Gasteiger partial charge in [-0.25, -0.2) is 0 Å². The second kappa shape index (κ2) is 32.4. The van der Waals surface area contributed by atoms with Gasteiger partial charge in [0.2, 0.25) is 0 Å². The van der Waals surface area contributed by atoms with Crippen LogP contribution in [0.5, 0.6) is 0 Å². The first-order valence-corrected chi connectivity index (χ1v) is 0. The van der Waals surface area contributed by atoms with Crippen molar-refractivity contribution in [3.05, 3.63) is 0 Å². The first-order valence-electron chi connectivity index (χ1n) is 0. The molecule has 1 radical (unpaired) electrons. The van der Waals surface area contributed by atoms with Crippen LogP contribution in [0.25, 0.3) is 0 Å². The van der Waals surface area contributed by atoms with E-state index in [1.165, 1.54) is 0 Å². The Balaban J connectivity index is 0. The van der Waals surface area contributed by atoms with E-state index in [0.717, 1.165) is 0 Å². The van der Waals surface area contributed by atoms with Crippen molar-refractivity contribution in [1.82, 2.24) is 0 Å². The Kier molecular flexibility index (Phi) is 237. The zero-order valence-electron chi connectivity index (χ0n) is 8.62. The van der Waals surface area contributed by atoms with Gasteiger partial charge in [0.15, 0.2) is 0 Å². The fourth-order valence-corrected chi connectivity index (χ4v) is 0. The van der Waals surface area contributed by atoms with Crippen molar-refractivity contribution in [2.45, 2.75) is 0 Å². The molecule has 0 saturated heterocycles. The van der Waals surface area contributed by atoms with Crippen molar-refractivity contribution < 1.29 is 157 Å². The third kappa shape index (κ3) is 23.0. The molecule has 6 heteroatoms. The second-order valence-electron chi connectivity index (χ2n) is 0. The predicted octanol–water partition coefficient (Wildman–Crippen LogP) is -11.5. The van der Waals surface area contributed by atoms with Gasteiger partial charge in [0, 0.05) is 33.6 Å². The largest absolute Gasteiger partial charge is 1.00 e. The molecule has 0 aliphatic rings. The Labute approximate surface area is 154 Å². The molecule has 0 unspecified atom stereocenters. The van der Waals surface area contributed by atoms with Crippen molar-refractivity contribution >= 4 is 0 Å². The first kappa shape index (κ1) is 43.9. The van der Waals surface area contributed by atoms with Gasteiger partial charge >= 0.3 is 118 Å². The molecule has 0 saturated carbocycles. The number of hydrogen-bond donors (Lipinski definition) is 0. The van der Waals surface area contributed by atoms with E-state index in [-0.39, 0.29) is 157 Å². The molecule has 29 valence electrons. The Morgan fingerprint density at radius 3 is 0.667 bits per heavy atom. The van der Waals surface area contributed by atoms with Crippen LogP contribution >= 0.6 is 0 Å². The molecule has 0 rings (SSSR count). The summed E-state index contributed by atoms with van der Waals surface area (Å²) >= 11 is 0. The van der Waals surface area contributed by atoms with Gasteiger partial charge in [-0.05, 0) is 0 Å². The minimum Gasteiger partial charge on any atom is -1.00 e. The topological polar surface area (TPSA) is 0 Å². The van der Waals surface area contributed by atoms with E-state index in [1.54, 1.807) is 0 Å². The fraction of sp³-hybridized carbons (Fsp3) is 0. The molecule has 0 heterocycles. The van der Waals surface area contributed by atoms with Crippen molar-refractivity contribution in [2.75, 3.05) is 0 Å². The maximum atomic E-state index is 0. The monoisotopic (exact) mass is 217 g/mol. The van der Waals surface area contributed by atoms with Gasteiger partial charge in [-0.3, -0.25) is 0 Å². The van der Waals surface area contributed by atoms with Crippen molar-refractivity contribution in [2.24, 2.45) is 0 Å². The molecule has 0 aliphatic heterocycles. The molecule has 0 amide bonds. The van der Waals surface area contributed by atoms with E-state index in [4.69, 9.17) is 0 Å². The molecule has 0 spiro atoms. The number of hydrogen-bond acceptors (Lipinski definition) is 0. The zero-order valence-corrected chi connectivity index (χ0v) is 14.5. The Morgan fingerprint density at radius 2 is 0.667 bits per heavy atom. The van der Waals surface area contributed by atoms with Crippen molar-refractivity contribution in [3.63, 3.8) is 0 Å². The van der Waals surface area contributed by atoms with Gasteiger partial charge in [0.1, 0.15) is 0 Å². The summed E-state index contributed by atoms with van der Waals surface area (Å²) in [5, 5.41) is 0. The third-order valence-electron chi connectivity index (χ3n) is 0. The summed E-state index contributed by atoms with van der Waals surface area (Å²) in [4.78, 5) is 0. The number of rotatable bonds is 0. The van der Waals surface area contributed by atoms with Crippen LogP contribution in [-0.4, -0.2) is 0 Å². The Bertz CT molecular complexity index is 17.2. The maximum absolute atomic E-state index is 0. The van der Waals surface area contributed by atoms with Gasteiger partial charge in [0.05, 0.1) is 0 Å². The van der Waals surface area contributed by atoms with Crippen molar-refractivity contribution in [1.29, 1.82) is 0 Å². The Morgan fingerprint density at radius 1 is 0.667 bits per heavy atom. The summed E-state index contributed by atoms with van der Waals surface area (Å²) < 4.78 is 0. The van der Waals surface area contributed by atoms with E-state index in [0.29, 0.717) is 0 Å². The molecule has 0 aliphatic carbocycles. The van der Waals surface area contributed by atoms with Crippen LogP contribution in [0.3, 0.4) is 0 Å². The van der Waals surface area contributed by atoms with Gasteiger partial charge < -0.3 is 5.71 Å². The summed E-state index contributed by atoms with van der Waals surface area (Å²) in [6.45, 7) is 0. The third-order valence-corrected chi connectivity index (χ3v) is 0. The Hall–Kier alpha value is 5.01. The van der Waals surface area contributed by atoms with Gasteiger partial charge in [-0.1, -0.05) is 0 Å². The molecule has 0 aromatic rings. The molecule has 0 aromatic heterocycles. The molecule has 6 heavy (non-hydrogen) atoms. The zero-order chi connectivity index (χ0) is 0. The molecule has 0 nitrogen and oxygen atoms in total. The summed E-state index contributed by atoms with van der Waals surface area (Å²) in [5.74, 6) is 0. The standard InChI is InChI=1S/Cu.4Na.Ni.4H/q;4*+1;;4*-1. The molecule has 0 bridgehead atoms. The van der Waals surface area contributed by atoms with E-state index >= 15 is 0 Å². The summed E-state index contributed by atoms with van der Waals surface area (Å²) in [6.07, 6.45) is 0. The van der Waals surface area contributed by atoms with E-state index in [2.05, 4.69) is 0 Å². The smallest absolute Gasteiger partial charge is 1.00 e. The summed E-state index contributed by atoms with van der Waals surface area (Å²) in [5.41, 5.74) is 0. The van der Waals surface area contributed by atoms with Crippen LogP contribution in [0.1, 0.15) is 5.71 Å². The first-order chi connectivity index (χ1) is 0. The molecule has 0 aromatic carbocycles. The molecule has 0 atom stereocenters. The van der Waals surface area contributed by atoms with Gasteiger partial charge in [0.25, 0.3) is 0 Å². The van der Waals surface area contributed by atoms with E-state index in [9.17, 15) is 0 Å². The minimum atomic E-state index is 0. The fourth-order valence-electron chi connectivity index (χ4n) is 0. The average molecular weight is 218 g/mol. The molecular formula is H4CuNa4Ni. The van der Waals surface area contributed by atoms with Crippen LogP contribution in [0, 0.1) is 0 Å². The van der Waals surface area contributed by atoms with Crippen LogP contribution < -0.4 is 118 Å². The van der Waals surface area contributed by atoms with Crippen molar-refractivity contribution in [3.8, 4) is 0 Å². The SMILES string of the molecule is [Cu].[H-].[H-].[H-].[H-].[Na+].[Na+].[Na+].[Na+].[Ni]. The normalized spacial score (nSPS) is 0. The maximum Gasteiger partial charge on any atom is 1.00 e. The second-order valence-corrected chi connectivity index (χ2v) is 0. The summed E-state index contributed by atoms with van der Waals surface area (Å²) in [7, 11) is 0.